The minimum Gasteiger partial charge on any atom is -0.355 e. The van der Waals surface area contributed by atoms with Gasteiger partial charge in [-0.2, -0.15) is 5.10 Å². The zero-order chi connectivity index (χ0) is 18.4. The quantitative estimate of drug-likeness (QED) is 0.643. The Bertz CT molecular complexity index is 858. The molecule has 5 nitrogen and oxygen atoms in total. The number of hydrogen-bond acceptors (Lipinski definition) is 5. The summed E-state index contributed by atoms with van der Waals surface area (Å²) in [5, 5.41) is 10.3. The van der Waals surface area contributed by atoms with Crippen molar-refractivity contribution in [1.29, 1.82) is 0 Å². The molecule has 1 amide bonds. The third-order valence-corrected chi connectivity index (χ3v) is 5.65. The molecule has 2 heterocycles. The molecular formula is C19H22N4OS2. The maximum Gasteiger partial charge on any atom is 0.230 e. The highest BCUT2D eigenvalue weighted by molar-refractivity contribution is 7.99. The number of aryl methyl sites for hydroxylation is 2. The van der Waals surface area contributed by atoms with Crippen LogP contribution in [0.4, 0.5) is 0 Å². The molecule has 3 aromatic rings. The van der Waals surface area contributed by atoms with Gasteiger partial charge in [0.1, 0.15) is 0 Å². The molecule has 7 heteroatoms. The first kappa shape index (κ1) is 18.7. The number of amides is 1. The van der Waals surface area contributed by atoms with E-state index in [0.29, 0.717) is 12.3 Å². The number of thioether (sulfide) groups is 1. The van der Waals surface area contributed by atoms with Crippen LogP contribution >= 0.6 is 23.1 Å². The van der Waals surface area contributed by atoms with Gasteiger partial charge in [-0.15, -0.1) is 23.1 Å². The number of nitrogens with one attached hydrogen (secondary N) is 1. The molecule has 26 heavy (non-hydrogen) atoms. The molecule has 0 aliphatic heterocycles. The lowest BCUT2D eigenvalue weighted by Gasteiger charge is -2.04. The molecule has 0 spiro atoms. The summed E-state index contributed by atoms with van der Waals surface area (Å²) in [6, 6.07) is 12.2. The molecule has 0 bridgehead atoms. The lowest BCUT2D eigenvalue weighted by atomic mass is 10.2. The molecule has 0 saturated heterocycles. The average Bonchev–Trinajstić information content (AvgIpc) is 3.22. The molecular weight excluding hydrogens is 364 g/mol. The van der Waals surface area contributed by atoms with Crippen LogP contribution in [-0.4, -0.2) is 33.0 Å². The van der Waals surface area contributed by atoms with Crippen molar-refractivity contribution in [2.24, 2.45) is 0 Å². The van der Waals surface area contributed by atoms with Gasteiger partial charge in [0.15, 0.2) is 0 Å². The summed E-state index contributed by atoms with van der Waals surface area (Å²) in [4.78, 5) is 16.5. The molecule has 0 fully saturated rings. The first-order valence-electron chi connectivity index (χ1n) is 8.48. The van der Waals surface area contributed by atoms with E-state index in [2.05, 4.69) is 27.5 Å². The van der Waals surface area contributed by atoms with Crippen LogP contribution in [0.2, 0.25) is 0 Å². The largest absolute Gasteiger partial charge is 0.355 e. The number of carbonyl (C=O) groups is 1. The Labute approximate surface area is 161 Å². The number of nitrogens with zero attached hydrogens (tertiary/aromatic N) is 3. The van der Waals surface area contributed by atoms with Crippen LogP contribution in [0.3, 0.4) is 0 Å². The first-order valence-corrected chi connectivity index (χ1v) is 10.5. The number of carbonyl (C=O) groups excluding carboxylic acids is 1. The van der Waals surface area contributed by atoms with Crippen LogP contribution in [-0.2, 0) is 17.0 Å². The fourth-order valence-corrected chi connectivity index (χ4v) is 4.23. The summed E-state index contributed by atoms with van der Waals surface area (Å²) in [7, 11) is 0. The van der Waals surface area contributed by atoms with E-state index in [1.165, 1.54) is 5.56 Å². The smallest absolute Gasteiger partial charge is 0.230 e. The van der Waals surface area contributed by atoms with Crippen LogP contribution in [0, 0.1) is 13.8 Å². The molecule has 1 aromatic carbocycles. The van der Waals surface area contributed by atoms with Crippen LogP contribution in [0.1, 0.15) is 22.6 Å². The van der Waals surface area contributed by atoms with Gasteiger partial charge in [-0.25, -0.2) is 9.67 Å². The number of benzene rings is 1. The van der Waals surface area contributed by atoms with Crippen molar-refractivity contribution in [1.82, 2.24) is 20.1 Å². The average molecular weight is 387 g/mol. The molecule has 0 aliphatic carbocycles. The highest BCUT2D eigenvalue weighted by Crippen LogP contribution is 2.17. The number of rotatable bonds is 8. The van der Waals surface area contributed by atoms with Gasteiger partial charge < -0.3 is 5.32 Å². The van der Waals surface area contributed by atoms with Crippen molar-refractivity contribution >= 4 is 29.0 Å². The Morgan fingerprint density at radius 2 is 2.08 bits per heavy atom. The zero-order valence-electron chi connectivity index (χ0n) is 14.9. The number of aromatic nitrogens is 3. The minimum absolute atomic E-state index is 0.0694. The van der Waals surface area contributed by atoms with Crippen molar-refractivity contribution in [3.63, 3.8) is 0 Å². The van der Waals surface area contributed by atoms with E-state index >= 15 is 0 Å². The molecule has 0 unspecified atom stereocenters. The molecule has 0 radical (unpaired) electrons. The monoisotopic (exact) mass is 386 g/mol. The van der Waals surface area contributed by atoms with Gasteiger partial charge in [0.25, 0.3) is 0 Å². The normalized spacial score (nSPS) is 10.8. The van der Waals surface area contributed by atoms with Gasteiger partial charge in [0, 0.05) is 29.8 Å². The van der Waals surface area contributed by atoms with Gasteiger partial charge in [-0.05, 0) is 25.5 Å². The highest BCUT2D eigenvalue weighted by atomic mass is 32.2. The molecule has 136 valence electrons. The Hall–Kier alpha value is -2.12. The van der Waals surface area contributed by atoms with E-state index in [0.717, 1.165) is 34.4 Å². The van der Waals surface area contributed by atoms with Crippen molar-refractivity contribution in [3.8, 4) is 5.13 Å². The van der Waals surface area contributed by atoms with E-state index in [4.69, 9.17) is 0 Å². The van der Waals surface area contributed by atoms with E-state index in [9.17, 15) is 4.79 Å². The van der Waals surface area contributed by atoms with Crippen LogP contribution in [0.5, 0.6) is 0 Å². The second-order valence-electron chi connectivity index (χ2n) is 6.04. The SMILES string of the molecule is Cc1cc(C)n(-c2nc(CCNC(=O)CSCc3ccccc3)cs2)n1. The maximum atomic E-state index is 11.9. The Kier molecular flexibility index (Phi) is 6.46. The van der Waals surface area contributed by atoms with E-state index in [-0.39, 0.29) is 5.91 Å². The van der Waals surface area contributed by atoms with Gasteiger partial charge in [0.2, 0.25) is 11.0 Å². The topological polar surface area (TPSA) is 59.8 Å². The predicted octanol–water partition coefficient (Wildman–Crippen LogP) is 3.54. The second-order valence-corrected chi connectivity index (χ2v) is 7.86. The van der Waals surface area contributed by atoms with Crippen molar-refractivity contribution in [2.75, 3.05) is 12.3 Å². The van der Waals surface area contributed by atoms with Gasteiger partial charge in [-0.1, -0.05) is 30.3 Å². The second kappa shape index (κ2) is 9.00. The third kappa shape index (κ3) is 5.19. The Morgan fingerprint density at radius 3 is 2.81 bits per heavy atom. The molecule has 2 aromatic heterocycles. The summed E-state index contributed by atoms with van der Waals surface area (Å²) in [6.45, 7) is 4.60. The number of thiazole rings is 1. The number of hydrogen-bond donors (Lipinski definition) is 1. The van der Waals surface area contributed by atoms with Gasteiger partial charge in [0.05, 0.1) is 17.1 Å². The van der Waals surface area contributed by atoms with Gasteiger partial charge >= 0.3 is 0 Å². The molecule has 1 N–H and O–H groups in total. The Morgan fingerprint density at radius 1 is 1.27 bits per heavy atom. The van der Waals surface area contributed by atoms with E-state index in [1.807, 2.05) is 48.2 Å². The summed E-state index contributed by atoms with van der Waals surface area (Å²) in [6.07, 6.45) is 0.727. The highest BCUT2D eigenvalue weighted by Gasteiger charge is 2.09. The molecule has 0 aliphatic rings. The van der Waals surface area contributed by atoms with Crippen molar-refractivity contribution in [3.05, 3.63) is 64.4 Å². The lowest BCUT2D eigenvalue weighted by Crippen LogP contribution is -2.27. The summed E-state index contributed by atoms with van der Waals surface area (Å²) in [5.74, 6) is 1.40. The molecule has 0 atom stereocenters. The van der Waals surface area contributed by atoms with E-state index < -0.39 is 0 Å². The molecule has 0 saturated carbocycles. The first-order chi connectivity index (χ1) is 12.6. The maximum absolute atomic E-state index is 11.9. The zero-order valence-corrected chi connectivity index (χ0v) is 16.6. The summed E-state index contributed by atoms with van der Waals surface area (Å²) in [5.41, 5.74) is 4.28. The standard InChI is InChI=1S/C19H22N4OS2/c1-14-10-15(2)23(22-14)19-21-17(12-26-19)8-9-20-18(24)13-25-11-16-6-4-3-5-7-16/h3-7,10,12H,8-9,11,13H2,1-2H3,(H,20,24). The van der Waals surface area contributed by atoms with Crippen LogP contribution < -0.4 is 5.32 Å². The minimum atomic E-state index is 0.0694. The lowest BCUT2D eigenvalue weighted by molar-refractivity contribution is -0.118. The van der Waals surface area contributed by atoms with Crippen molar-refractivity contribution < 1.29 is 4.79 Å². The van der Waals surface area contributed by atoms with Crippen LogP contribution in [0.15, 0.2) is 41.8 Å². The van der Waals surface area contributed by atoms with Gasteiger partial charge in [-0.3, -0.25) is 4.79 Å². The Balaban J connectivity index is 1.39. The summed E-state index contributed by atoms with van der Waals surface area (Å²) >= 11 is 3.20. The van der Waals surface area contributed by atoms with E-state index in [1.54, 1.807) is 23.1 Å². The fraction of sp³-hybridized carbons (Fsp3) is 0.316. The molecule has 3 rings (SSSR count). The third-order valence-electron chi connectivity index (χ3n) is 3.78. The van der Waals surface area contributed by atoms with Crippen LogP contribution in [0.25, 0.3) is 5.13 Å². The summed E-state index contributed by atoms with van der Waals surface area (Å²) < 4.78 is 1.86. The van der Waals surface area contributed by atoms with Crippen molar-refractivity contribution in [2.45, 2.75) is 26.0 Å². The predicted molar refractivity (Wildman–Crippen MR) is 108 cm³/mol. The fourth-order valence-electron chi connectivity index (χ4n) is 2.55.